The van der Waals surface area contributed by atoms with Crippen LogP contribution in [0, 0.1) is 21.1 Å². The molecule has 1 aliphatic carbocycles. The molecule has 122 valence electrons. The summed E-state index contributed by atoms with van der Waals surface area (Å²) in [6.07, 6.45) is 2.12. The van der Waals surface area contributed by atoms with Gasteiger partial charge in [0.2, 0.25) is 0 Å². The van der Waals surface area contributed by atoms with Crippen molar-refractivity contribution in [3.05, 3.63) is 50.8 Å². The number of hydrogen-bond donors (Lipinski definition) is 1. The Morgan fingerprint density at radius 1 is 1.38 bits per heavy atom. The number of fused-ring (bicyclic) bond motifs is 1. The van der Waals surface area contributed by atoms with Gasteiger partial charge in [-0.2, -0.15) is 5.26 Å². The van der Waals surface area contributed by atoms with E-state index >= 15 is 0 Å². The average Bonchev–Trinajstić information content (AvgIpc) is 2.56. The minimum absolute atomic E-state index is 0.448. The van der Waals surface area contributed by atoms with Crippen LogP contribution >= 0.6 is 23.6 Å². The number of carbonyl (C=O) groups is 1. The molecule has 1 heterocycles. The van der Waals surface area contributed by atoms with Gasteiger partial charge in [-0.05, 0) is 48.4 Å². The Morgan fingerprint density at radius 3 is 2.83 bits per heavy atom. The lowest BCUT2D eigenvalue weighted by atomic mass is 9.85. The van der Waals surface area contributed by atoms with Crippen LogP contribution in [0.2, 0.25) is 0 Å². The van der Waals surface area contributed by atoms with Crippen LogP contribution in [-0.4, -0.2) is 6.09 Å². The fourth-order valence-electron chi connectivity index (χ4n) is 2.86. The van der Waals surface area contributed by atoms with Gasteiger partial charge in [0, 0.05) is 0 Å². The Balaban J connectivity index is 1.89. The molecule has 0 radical (unpaired) electrons. The molecule has 0 saturated carbocycles. The summed E-state index contributed by atoms with van der Waals surface area (Å²) < 4.78 is 5.97. The maximum atomic E-state index is 12.1. The van der Waals surface area contributed by atoms with Crippen LogP contribution in [0.1, 0.15) is 30.0 Å². The van der Waals surface area contributed by atoms with Gasteiger partial charge in [0.05, 0.1) is 9.39 Å². The number of anilines is 1. The van der Waals surface area contributed by atoms with E-state index in [1.807, 2.05) is 6.07 Å². The zero-order chi connectivity index (χ0) is 17.1. The van der Waals surface area contributed by atoms with E-state index in [1.54, 1.807) is 24.3 Å². The van der Waals surface area contributed by atoms with Crippen LogP contribution < -0.4 is 10.1 Å². The second-order valence-corrected chi connectivity index (χ2v) is 7.53. The topological polar surface area (TPSA) is 62.1 Å². The highest BCUT2D eigenvalue weighted by Crippen LogP contribution is 2.36. The normalized spacial score (nSPS) is 15.9. The Morgan fingerprint density at radius 2 is 2.12 bits per heavy atom. The van der Waals surface area contributed by atoms with Gasteiger partial charge in [-0.25, -0.2) is 4.79 Å². The van der Waals surface area contributed by atoms with Crippen LogP contribution in [0.25, 0.3) is 0 Å². The van der Waals surface area contributed by atoms with E-state index in [-0.39, 0.29) is 0 Å². The monoisotopic (exact) mass is 356 g/mol. The van der Waals surface area contributed by atoms with Crippen LogP contribution in [-0.2, 0) is 12.8 Å². The van der Waals surface area contributed by atoms with Crippen LogP contribution in [0.15, 0.2) is 30.3 Å². The van der Waals surface area contributed by atoms with Gasteiger partial charge < -0.3 is 4.74 Å². The Bertz CT molecular complexity index is 869. The van der Waals surface area contributed by atoms with Gasteiger partial charge >= 0.3 is 6.09 Å². The highest BCUT2D eigenvalue weighted by atomic mass is 32.1. The molecule has 6 heteroatoms. The van der Waals surface area contributed by atoms with Gasteiger partial charge in [0.25, 0.3) is 0 Å². The molecule has 0 spiro atoms. The number of carbonyl (C=O) groups excluding carboxylic acids is 1. The zero-order valence-corrected chi connectivity index (χ0v) is 14.8. The van der Waals surface area contributed by atoms with Gasteiger partial charge in [0.15, 0.2) is 0 Å². The van der Waals surface area contributed by atoms with E-state index in [0.717, 1.165) is 34.2 Å². The lowest BCUT2D eigenvalue weighted by Crippen LogP contribution is -2.19. The highest BCUT2D eigenvalue weighted by Gasteiger charge is 2.23. The number of nitriles is 1. The van der Waals surface area contributed by atoms with Crippen molar-refractivity contribution in [2.24, 2.45) is 5.92 Å². The number of nitrogens with zero attached hydrogens (tertiary/aromatic N) is 1. The third kappa shape index (κ3) is 3.48. The molecule has 1 aromatic carbocycles. The number of rotatable bonds is 2. The minimum Gasteiger partial charge on any atom is -0.410 e. The molecule has 1 unspecified atom stereocenters. The molecule has 4 nitrogen and oxygen atoms in total. The second-order valence-electron chi connectivity index (χ2n) is 5.84. The van der Waals surface area contributed by atoms with E-state index < -0.39 is 6.09 Å². The lowest BCUT2D eigenvalue weighted by Gasteiger charge is -2.23. The molecule has 1 amide bonds. The Kier molecular flexibility index (Phi) is 4.93. The van der Waals surface area contributed by atoms with Gasteiger partial charge in [0.1, 0.15) is 16.8 Å². The SMILES string of the molecule is CC1CCc2c(C#N)c(NC(=O)Oc3ccccc3)sc(=S)c2C1. The molecule has 2 aromatic rings. The molecule has 0 bridgehead atoms. The predicted molar refractivity (Wildman–Crippen MR) is 97.1 cm³/mol. The summed E-state index contributed by atoms with van der Waals surface area (Å²) in [7, 11) is 0. The third-order valence-corrected chi connectivity index (χ3v) is 5.49. The maximum absolute atomic E-state index is 12.1. The first-order valence-electron chi connectivity index (χ1n) is 7.71. The van der Waals surface area contributed by atoms with Crippen molar-refractivity contribution in [1.29, 1.82) is 5.26 Å². The first-order chi connectivity index (χ1) is 11.6. The largest absolute Gasteiger partial charge is 0.417 e. The predicted octanol–water partition coefficient (Wildman–Crippen LogP) is 5.08. The number of para-hydroxylation sites is 1. The molecular weight excluding hydrogens is 340 g/mol. The summed E-state index contributed by atoms with van der Waals surface area (Å²) in [5, 5.41) is 12.7. The number of hydrogen-bond acceptors (Lipinski definition) is 5. The summed E-state index contributed by atoms with van der Waals surface area (Å²) in [6, 6.07) is 11.0. The van der Waals surface area contributed by atoms with Gasteiger partial charge in [-0.3, -0.25) is 5.32 Å². The molecule has 1 aliphatic rings. The van der Waals surface area contributed by atoms with Crippen molar-refractivity contribution in [2.45, 2.75) is 26.2 Å². The van der Waals surface area contributed by atoms with E-state index in [1.165, 1.54) is 11.3 Å². The molecule has 0 fully saturated rings. The smallest absolute Gasteiger partial charge is 0.410 e. The third-order valence-electron chi connectivity index (χ3n) is 4.06. The number of ether oxygens (including phenoxy) is 1. The molecule has 0 saturated heterocycles. The first-order valence-corrected chi connectivity index (χ1v) is 8.93. The minimum atomic E-state index is -0.618. The summed E-state index contributed by atoms with van der Waals surface area (Å²) >= 11 is 6.75. The van der Waals surface area contributed by atoms with Crippen molar-refractivity contribution >= 4 is 34.6 Å². The van der Waals surface area contributed by atoms with E-state index in [4.69, 9.17) is 17.0 Å². The highest BCUT2D eigenvalue weighted by molar-refractivity contribution is 7.73. The molecule has 1 atom stereocenters. The number of benzene rings is 1. The maximum Gasteiger partial charge on any atom is 0.417 e. The molecule has 3 rings (SSSR count). The fraction of sp³-hybridized carbons (Fsp3) is 0.278. The molecule has 24 heavy (non-hydrogen) atoms. The van der Waals surface area contributed by atoms with Gasteiger partial charge in [-0.1, -0.05) is 37.3 Å². The van der Waals surface area contributed by atoms with Crippen molar-refractivity contribution in [3.63, 3.8) is 0 Å². The van der Waals surface area contributed by atoms with E-state index in [2.05, 4.69) is 18.3 Å². The van der Waals surface area contributed by atoms with Crippen LogP contribution in [0.5, 0.6) is 5.75 Å². The van der Waals surface area contributed by atoms with Crippen molar-refractivity contribution < 1.29 is 9.53 Å². The summed E-state index contributed by atoms with van der Waals surface area (Å²) in [6.45, 7) is 2.19. The molecular formula is C18H16N2O2S2. The van der Waals surface area contributed by atoms with Crippen molar-refractivity contribution in [1.82, 2.24) is 0 Å². The van der Waals surface area contributed by atoms with Crippen LogP contribution in [0.4, 0.5) is 9.80 Å². The Labute approximate surface area is 149 Å². The summed E-state index contributed by atoms with van der Waals surface area (Å²) in [5.74, 6) is 1.02. The van der Waals surface area contributed by atoms with Gasteiger partial charge in [-0.15, -0.1) is 11.3 Å². The number of amides is 1. The van der Waals surface area contributed by atoms with E-state index in [9.17, 15) is 10.1 Å². The second kappa shape index (κ2) is 7.12. The van der Waals surface area contributed by atoms with Crippen molar-refractivity contribution in [2.75, 3.05) is 5.32 Å². The summed E-state index contributed by atoms with van der Waals surface area (Å²) in [5.41, 5.74) is 2.59. The number of nitrogens with one attached hydrogen (secondary N) is 1. The Hall–Kier alpha value is -2.23. The average molecular weight is 356 g/mol. The van der Waals surface area contributed by atoms with Crippen molar-refractivity contribution in [3.8, 4) is 11.8 Å². The molecule has 0 aliphatic heterocycles. The quantitative estimate of drug-likeness (QED) is 0.762. The fourth-order valence-corrected chi connectivity index (χ4v) is 4.24. The van der Waals surface area contributed by atoms with E-state index in [0.29, 0.717) is 22.2 Å². The first kappa shape index (κ1) is 16.6. The standard InChI is InChI=1S/C18H16N2O2S2/c1-11-7-8-13-14(9-11)17(23)24-16(15(13)10-19)20-18(21)22-12-5-3-2-4-6-12/h2-6,11H,7-9H2,1H3,(H,20,21). The zero-order valence-electron chi connectivity index (χ0n) is 13.2. The molecule has 1 N–H and O–H groups in total. The summed E-state index contributed by atoms with van der Waals surface area (Å²) in [4.78, 5) is 12.1. The van der Waals surface area contributed by atoms with Crippen LogP contribution in [0.3, 0.4) is 0 Å². The lowest BCUT2D eigenvalue weighted by molar-refractivity contribution is 0.215. The molecule has 1 aromatic heterocycles.